The highest BCUT2D eigenvalue weighted by molar-refractivity contribution is 5.89. The van der Waals surface area contributed by atoms with Crippen LogP contribution in [-0.4, -0.2) is 28.8 Å². The maximum absolute atomic E-state index is 11.0. The summed E-state index contributed by atoms with van der Waals surface area (Å²) in [4.78, 5) is 11.0. The number of aliphatic hydroxyl groups excluding tert-OH is 1. The summed E-state index contributed by atoms with van der Waals surface area (Å²) < 4.78 is 0. The van der Waals surface area contributed by atoms with E-state index in [0.717, 1.165) is 24.9 Å². The van der Waals surface area contributed by atoms with E-state index in [4.69, 9.17) is 10.2 Å². The standard InChI is InChI=1S/C13H17NO3/c15-11-5-9(6-11)7-14-8-10-3-1-2-4-12(10)13(16)17/h1-4,9,11,14-15H,5-8H2,(H,16,17). The highest BCUT2D eigenvalue weighted by atomic mass is 16.4. The van der Waals surface area contributed by atoms with Gasteiger partial charge in [-0.1, -0.05) is 18.2 Å². The summed E-state index contributed by atoms with van der Waals surface area (Å²) in [5.74, 6) is -0.358. The minimum Gasteiger partial charge on any atom is -0.478 e. The summed E-state index contributed by atoms with van der Waals surface area (Å²) in [6.07, 6.45) is 1.58. The number of benzene rings is 1. The molecule has 1 aliphatic carbocycles. The fraction of sp³-hybridized carbons (Fsp3) is 0.462. The average molecular weight is 235 g/mol. The van der Waals surface area contributed by atoms with Crippen LogP contribution >= 0.6 is 0 Å². The Kier molecular flexibility index (Phi) is 3.76. The van der Waals surface area contributed by atoms with Crippen LogP contribution in [0.1, 0.15) is 28.8 Å². The Hall–Kier alpha value is -1.39. The topological polar surface area (TPSA) is 69.6 Å². The molecule has 0 aromatic heterocycles. The number of carboxylic acid groups (broad SMARTS) is 1. The van der Waals surface area contributed by atoms with Crippen molar-refractivity contribution in [1.82, 2.24) is 5.32 Å². The molecule has 0 aliphatic heterocycles. The van der Waals surface area contributed by atoms with E-state index in [-0.39, 0.29) is 6.10 Å². The molecule has 0 spiro atoms. The van der Waals surface area contributed by atoms with Crippen molar-refractivity contribution >= 4 is 5.97 Å². The maximum Gasteiger partial charge on any atom is 0.336 e. The van der Waals surface area contributed by atoms with E-state index in [1.807, 2.05) is 12.1 Å². The van der Waals surface area contributed by atoms with Crippen LogP contribution in [0, 0.1) is 5.92 Å². The van der Waals surface area contributed by atoms with Crippen molar-refractivity contribution in [2.24, 2.45) is 5.92 Å². The van der Waals surface area contributed by atoms with Crippen molar-refractivity contribution in [3.63, 3.8) is 0 Å². The lowest BCUT2D eigenvalue weighted by Crippen LogP contribution is -2.36. The molecule has 1 saturated carbocycles. The van der Waals surface area contributed by atoms with Crippen LogP contribution in [0.3, 0.4) is 0 Å². The molecule has 2 rings (SSSR count). The van der Waals surface area contributed by atoms with Crippen molar-refractivity contribution in [2.75, 3.05) is 6.54 Å². The molecule has 0 amide bonds. The first-order valence-electron chi connectivity index (χ1n) is 5.87. The third-order valence-corrected chi connectivity index (χ3v) is 3.21. The van der Waals surface area contributed by atoms with E-state index in [1.54, 1.807) is 12.1 Å². The summed E-state index contributed by atoms with van der Waals surface area (Å²) >= 11 is 0. The third-order valence-electron chi connectivity index (χ3n) is 3.21. The van der Waals surface area contributed by atoms with E-state index < -0.39 is 5.97 Å². The predicted octanol–water partition coefficient (Wildman–Crippen LogP) is 1.25. The molecule has 17 heavy (non-hydrogen) atoms. The molecule has 0 saturated heterocycles. The van der Waals surface area contributed by atoms with Gasteiger partial charge in [0.1, 0.15) is 0 Å². The lowest BCUT2D eigenvalue weighted by atomic mass is 9.82. The second-order valence-corrected chi connectivity index (χ2v) is 4.58. The van der Waals surface area contributed by atoms with Gasteiger partial charge in [0.05, 0.1) is 11.7 Å². The molecule has 1 aliphatic rings. The molecule has 92 valence electrons. The van der Waals surface area contributed by atoms with Crippen LogP contribution in [0.4, 0.5) is 0 Å². The number of hydrogen-bond acceptors (Lipinski definition) is 3. The Balaban J connectivity index is 1.84. The Morgan fingerprint density at radius 3 is 2.71 bits per heavy atom. The fourth-order valence-corrected chi connectivity index (χ4v) is 2.16. The molecular weight excluding hydrogens is 218 g/mol. The van der Waals surface area contributed by atoms with Crippen molar-refractivity contribution in [3.05, 3.63) is 35.4 Å². The second-order valence-electron chi connectivity index (χ2n) is 4.58. The molecule has 0 atom stereocenters. The van der Waals surface area contributed by atoms with Crippen LogP contribution in [0.15, 0.2) is 24.3 Å². The smallest absolute Gasteiger partial charge is 0.336 e. The summed E-state index contributed by atoms with van der Waals surface area (Å²) in [5.41, 5.74) is 1.16. The molecule has 1 aromatic carbocycles. The van der Waals surface area contributed by atoms with Gasteiger partial charge in [0.2, 0.25) is 0 Å². The SMILES string of the molecule is O=C(O)c1ccccc1CNCC1CC(O)C1. The van der Waals surface area contributed by atoms with E-state index in [1.165, 1.54) is 0 Å². The Labute approximate surface area is 100 Å². The lowest BCUT2D eigenvalue weighted by molar-refractivity contribution is 0.0430. The van der Waals surface area contributed by atoms with Crippen LogP contribution in [0.25, 0.3) is 0 Å². The van der Waals surface area contributed by atoms with Gasteiger partial charge >= 0.3 is 5.97 Å². The first kappa shape index (κ1) is 12.1. The Morgan fingerprint density at radius 2 is 2.06 bits per heavy atom. The molecule has 4 nitrogen and oxygen atoms in total. The van der Waals surface area contributed by atoms with Crippen LogP contribution in [0.2, 0.25) is 0 Å². The van der Waals surface area contributed by atoms with Gasteiger partial charge in [0, 0.05) is 6.54 Å². The zero-order valence-electron chi connectivity index (χ0n) is 9.60. The highest BCUT2D eigenvalue weighted by Crippen LogP contribution is 2.26. The minimum atomic E-state index is -0.888. The van der Waals surface area contributed by atoms with Crippen LogP contribution in [-0.2, 0) is 6.54 Å². The van der Waals surface area contributed by atoms with Crippen molar-refractivity contribution in [1.29, 1.82) is 0 Å². The monoisotopic (exact) mass is 235 g/mol. The van der Waals surface area contributed by atoms with E-state index >= 15 is 0 Å². The molecule has 3 N–H and O–H groups in total. The van der Waals surface area contributed by atoms with Gasteiger partial charge in [-0.05, 0) is 36.9 Å². The summed E-state index contributed by atoms with van der Waals surface area (Å²) in [7, 11) is 0. The lowest BCUT2D eigenvalue weighted by Gasteiger charge is -2.31. The van der Waals surface area contributed by atoms with Gasteiger partial charge < -0.3 is 15.5 Å². The molecule has 1 fully saturated rings. The fourth-order valence-electron chi connectivity index (χ4n) is 2.16. The summed E-state index contributed by atoms with van der Waals surface area (Å²) in [6, 6.07) is 7.02. The zero-order chi connectivity index (χ0) is 12.3. The summed E-state index contributed by atoms with van der Waals surface area (Å²) in [5, 5.41) is 21.4. The molecule has 0 bridgehead atoms. The number of hydrogen-bond donors (Lipinski definition) is 3. The molecule has 0 unspecified atom stereocenters. The van der Waals surface area contributed by atoms with Crippen LogP contribution in [0.5, 0.6) is 0 Å². The zero-order valence-corrected chi connectivity index (χ0v) is 9.60. The Morgan fingerprint density at radius 1 is 1.35 bits per heavy atom. The third kappa shape index (κ3) is 3.05. The number of nitrogens with one attached hydrogen (secondary N) is 1. The summed E-state index contributed by atoms with van der Waals surface area (Å²) in [6.45, 7) is 1.40. The first-order chi connectivity index (χ1) is 8.16. The van der Waals surface area contributed by atoms with Gasteiger partial charge in [0.15, 0.2) is 0 Å². The van der Waals surface area contributed by atoms with Gasteiger partial charge in [-0.15, -0.1) is 0 Å². The van der Waals surface area contributed by atoms with Gasteiger partial charge in [-0.25, -0.2) is 4.79 Å². The van der Waals surface area contributed by atoms with Crippen molar-refractivity contribution in [3.8, 4) is 0 Å². The quantitative estimate of drug-likeness (QED) is 0.718. The number of aliphatic hydroxyl groups is 1. The number of aromatic carboxylic acids is 1. The largest absolute Gasteiger partial charge is 0.478 e. The first-order valence-corrected chi connectivity index (χ1v) is 5.87. The Bertz CT molecular complexity index is 399. The predicted molar refractivity (Wildman–Crippen MR) is 63.8 cm³/mol. The van der Waals surface area contributed by atoms with Crippen molar-refractivity contribution in [2.45, 2.75) is 25.5 Å². The number of rotatable bonds is 5. The molecule has 0 radical (unpaired) electrons. The normalized spacial score (nSPS) is 23.1. The minimum absolute atomic E-state index is 0.131. The van der Waals surface area contributed by atoms with Crippen molar-refractivity contribution < 1.29 is 15.0 Å². The molecule has 1 aromatic rings. The number of carbonyl (C=O) groups is 1. The van der Waals surface area contributed by atoms with Gasteiger partial charge in [0.25, 0.3) is 0 Å². The average Bonchev–Trinajstić information content (AvgIpc) is 2.27. The molecule has 0 heterocycles. The molecule has 4 heteroatoms. The van der Waals surface area contributed by atoms with Crippen LogP contribution < -0.4 is 5.32 Å². The second kappa shape index (κ2) is 5.29. The number of carboxylic acids is 1. The van der Waals surface area contributed by atoms with Gasteiger partial charge in [-0.3, -0.25) is 0 Å². The van der Waals surface area contributed by atoms with E-state index in [0.29, 0.717) is 18.0 Å². The van der Waals surface area contributed by atoms with E-state index in [9.17, 15) is 4.79 Å². The maximum atomic E-state index is 11.0. The van der Waals surface area contributed by atoms with Gasteiger partial charge in [-0.2, -0.15) is 0 Å². The van der Waals surface area contributed by atoms with E-state index in [2.05, 4.69) is 5.32 Å². The molecular formula is C13H17NO3. The highest BCUT2D eigenvalue weighted by Gasteiger charge is 2.26.